The lowest BCUT2D eigenvalue weighted by Gasteiger charge is -2.15. The van der Waals surface area contributed by atoms with Crippen LogP contribution in [0.2, 0.25) is 0 Å². The molecule has 2 unspecified atom stereocenters. The molecule has 0 saturated carbocycles. The second-order valence-corrected chi connectivity index (χ2v) is 4.63. The summed E-state index contributed by atoms with van der Waals surface area (Å²) in [6, 6.07) is 2.28. The summed E-state index contributed by atoms with van der Waals surface area (Å²) >= 11 is 0. The molecule has 2 rings (SSSR count). The summed E-state index contributed by atoms with van der Waals surface area (Å²) in [5, 5.41) is 3.02. The van der Waals surface area contributed by atoms with Gasteiger partial charge in [-0.3, -0.25) is 19.8 Å². The monoisotopic (exact) mass is 280 g/mol. The molecule has 0 aliphatic carbocycles. The summed E-state index contributed by atoms with van der Waals surface area (Å²) in [7, 11) is 2.73. The molecule has 1 aliphatic heterocycles. The van der Waals surface area contributed by atoms with Gasteiger partial charge in [0, 0.05) is 7.05 Å². The third-order valence-corrected chi connectivity index (χ3v) is 3.27. The molecular formula is C13H16N2O5. The maximum absolute atomic E-state index is 11.8. The number of nitrogens with one attached hydrogen (secondary N) is 1. The lowest BCUT2D eigenvalue weighted by molar-refractivity contribution is -0.137. The molecule has 7 heteroatoms. The van der Waals surface area contributed by atoms with Crippen LogP contribution in [-0.2, 0) is 14.3 Å². The average molecular weight is 280 g/mol. The molecule has 7 nitrogen and oxygen atoms in total. The Morgan fingerprint density at radius 1 is 1.50 bits per heavy atom. The molecule has 1 aliphatic rings. The fourth-order valence-corrected chi connectivity index (χ4v) is 2.07. The Labute approximate surface area is 115 Å². The first kappa shape index (κ1) is 14.3. The van der Waals surface area contributed by atoms with Gasteiger partial charge in [0.05, 0.1) is 25.6 Å². The van der Waals surface area contributed by atoms with Crippen molar-refractivity contribution in [2.75, 3.05) is 14.2 Å². The van der Waals surface area contributed by atoms with Crippen molar-refractivity contribution in [2.24, 2.45) is 0 Å². The first-order valence-electron chi connectivity index (χ1n) is 6.18. The number of hydrogen-bond donors (Lipinski definition) is 1. The number of amides is 2. The van der Waals surface area contributed by atoms with Gasteiger partial charge >= 0.3 is 5.97 Å². The normalized spacial score (nSPS) is 20.4. The molecule has 1 aromatic rings. The molecule has 0 bridgehead atoms. The molecule has 20 heavy (non-hydrogen) atoms. The van der Waals surface area contributed by atoms with E-state index in [1.807, 2.05) is 0 Å². The van der Waals surface area contributed by atoms with Crippen molar-refractivity contribution >= 4 is 17.8 Å². The summed E-state index contributed by atoms with van der Waals surface area (Å²) in [5.74, 6) is -0.436. The zero-order valence-electron chi connectivity index (χ0n) is 11.5. The summed E-state index contributed by atoms with van der Waals surface area (Å²) in [5.41, 5.74) is 0. The number of imide groups is 1. The first-order chi connectivity index (χ1) is 9.43. The number of likely N-dealkylation sites (N-methyl/N-ethyl adjacent to an activating group) is 1. The minimum Gasteiger partial charge on any atom is -0.463 e. The highest BCUT2D eigenvalue weighted by atomic mass is 16.5. The summed E-state index contributed by atoms with van der Waals surface area (Å²) < 4.78 is 9.90. The van der Waals surface area contributed by atoms with E-state index >= 15 is 0 Å². The number of hydrogen-bond acceptors (Lipinski definition) is 6. The third kappa shape index (κ3) is 2.57. The smallest absolute Gasteiger partial charge is 0.373 e. The Bertz CT molecular complexity index is 551. The molecule has 2 amide bonds. The van der Waals surface area contributed by atoms with E-state index in [4.69, 9.17) is 4.42 Å². The van der Waals surface area contributed by atoms with Gasteiger partial charge in [-0.05, 0) is 19.1 Å². The number of esters is 1. The highest BCUT2D eigenvalue weighted by Crippen LogP contribution is 2.20. The fraction of sp³-hybridized carbons (Fsp3) is 0.462. The Morgan fingerprint density at radius 3 is 2.75 bits per heavy atom. The minimum atomic E-state index is -0.561. The topological polar surface area (TPSA) is 88.9 Å². The lowest BCUT2D eigenvalue weighted by Crippen LogP contribution is -2.38. The van der Waals surface area contributed by atoms with Crippen LogP contribution in [0, 0.1) is 0 Å². The first-order valence-corrected chi connectivity index (χ1v) is 6.18. The van der Waals surface area contributed by atoms with Gasteiger partial charge in [-0.25, -0.2) is 4.79 Å². The second kappa shape index (κ2) is 5.46. The zero-order valence-corrected chi connectivity index (χ0v) is 11.5. The highest BCUT2D eigenvalue weighted by molar-refractivity contribution is 6.05. The van der Waals surface area contributed by atoms with Crippen LogP contribution in [0.25, 0.3) is 0 Å². The van der Waals surface area contributed by atoms with Gasteiger partial charge < -0.3 is 9.15 Å². The molecule has 2 atom stereocenters. The van der Waals surface area contributed by atoms with Crippen molar-refractivity contribution < 1.29 is 23.5 Å². The molecule has 0 radical (unpaired) electrons. The van der Waals surface area contributed by atoms with Gasteiger partial charge in [0.2, 0.25) is 17.6 Å². The molecule has 1 aromatic heterocycles. The number of furan rings is 1. The van der Waals surface area contributed by atoms with E-state index in [0.717, 1.165) is 4.90 Å². The van der Waals surface area contributed by atoms with Crippen LogP contribution in [0.3, 0.4) is 0 Å². The largest absolute Gasteiger partial charge is 0.463 e. The quantitative estimate of drug-likeness (QED) is 0.637. The maximum atomic E-state index is 11.8. The Kier molecular flexibility index (Phi) is 3.89. The van der Waals surface area contributed by atoms with E-state index in [-0.39, 0.29) is 30.0 Å². The van der Waals surface area contributed by atoms with Crippen molar-refractivity contribution in [3.05, 3.63) is 23.7 Å². The molecule has 0 aromatic carbocycles. The number of methoxy groups -OCH3 is 1. The zero-order chi connectivity index (χ0) is 14.9. The number of rotatable bonds is 4. The summed E-state index contributed by atoms with van der Waals surface area (Å²) in [6.45, 7) is 1.79. The standard InChI is InChI=1S/C13H16N2O5/c1-7(9-4-5-10(20-9)13(18)19-3)14-8-6-11(16)15(2)12(8)17/h4-5,7-8,14H,6H2,1-3H3. The maximum Gasteiger partial charge on any atom is 0.373 e. The van der Waals surface area contributed by atoms with Crippen LogP contribution in [0.15, 0.2) is 16.5 Å². The van der Waals surface area contributed by atoms with Crippen LogP contribution < -0.4 is 5.32 Å². The van der Waals surface area contributed by atoms with Crippen LogP contribution in [-0.4, -0.2) is 42.9 Å². The SMILES string of the molecule is COC(=O)c1ccc(C(C)NC2CC(=O)N(C)C2=O)o1. The average Bonchev–Trinajstić information content (AvgIpc) is 3.00. The van der Waals surface area contributed by atoms with E-state index < -0.39 is 12.0 Å². The van der Waals surface area contributed by atoms with E-state index in [1.165, 1.54) is 20.2 Å². The number of carbonyl (C=O) groups is 3. The predicted octanol–water partition coefficient (Wildman–Crippen LogP) is 0.474. The highest BCUT2D eigenvalue weighted by Gasteiger charge is 2.37. The van der Waals surface area contributed by atoms with E-state index in [2.05, 4.69) is 10.1 Å². The summed E-state index contributed by atoms with van der Waals surface area (Å²) in [4.78, 5) is 35.6. The van der Waals surface area contributed by atoms with Gasteiger partial charge in [-0.1, -0.05) is 0 Å². The Balaban J connectivity index is 2.04. The van der Waals surface area contributed by atoms with E-state index in [9.17, 15) is 14.4 Å². The molecular weight excluding hydrogens is 264 g/mol. The molecule has 0 spiro atoms. The van der Waals surface area contributed by atoms with Crippen LogP contribution >= 0.6 is 0 Å². The van der Waals surface area contributed by atoms with Crippen molar-refractivity contribution in [1.29, 1.82) is 0 Å². The van der Waals surface area contributed by atoms with Crippen LogP contribution in [0.4, 0.5) is 0 Å². The Morgan fingerprint density at radius 2 is 2.20 bits per heavy atom. The second-order valence-electron chi connectivity index (χ2n) is 4.63. The van der Waals surface area contributed by atoms with E-state index in [1.54, 1.807) is 13.0 Å². The van der Waals surface area contributed by atoms with E-state index in [0.29, 0.717) is 5.76 Å². The summed E-state index contributed by atoms with van der Waals surface area (Å²) in [6.07, 6.45) is 0.129. The fourth-order valence-electron chi connectivity index (χ4n) is 2.07. The molecule has 1 N–H and O–H groups in total. The van der Waals surface area contributed by atoms with Gasteiger partial charge in [0.1, 0.15) is 5.76 Å². The lowest BCUT2D eigenvalue weighted by atomic mass is 10.2. The third-order valence-electron chi connectivity index (χ3n) is 3.27. The Hall–Kier alpha value is -2.15. The number of carbonyl (C=O) groups excluding carboxylic acids is 3. The number of likely N-dealkylation sites (tertiary alicyclic amines) is 1. The van der Waals surface area contributed by atoms with Crippen molar-refractivity contribution in [2.45, 2.75) is 25.4 Å². The van der Waals surface area contributed by atoms with Gasteiger partial charge in [-0.2, -0.15) is 0 Å². The van der Waals surface area contributed by atoms with Crippen LogP contribution in [0.5, 0.6) is 0 Å². The van der Waals surface area contributed by atoms with Crippen molar-refractivity contribution in [3.8, 4) is 0 Å². The number of nitrogens with zero attached hydrogens (tertiary/aromatic N) is 1. The molecule has 1 saturated heterocycles. The predicted molar refractivity (Wildman–Crippen MR) is 67.8 cm³/mol. The van der Waals surface area contributed by atoms with Crippen LogP contribution in [0.1, 0.15) is 35.7 Å². The molecule has 1 fully saturated rings. The molecule has 108 valence electrons. The van der Waals surface area contributed by atoms with Gasteiger partial charge in [0.25, 0.3) is 0 Å². The van der Waals surface area contributed by atoms with Crippen molar-refractivity contribution in [3.63, 3.8) is 0 Å². The number of ether oxygens (including phenoxy) is 1. The minimum absolute atomic E-state index is 0.0992. The molecule has 2 heterocycles. The van der Waals surface area contributed by atoms with Gasteiger partial charge in [-0.15, -0.1) is 0 Å². The van der Waals surface area contributed by atoms with Gasteiger partial charge in [0.15, 0.2) is 0 Å². The van der Waals surface area contributed by atoms with Crippen molar-refractivity contribution in [1.82, 2.24) is 10.2 Å².